The number of fused-ring (bicyclic) bond motifs is 1. The van der Waals surface area contributed by atoms with Gasteiger partial charge in [0.2, 0.25) is 20.0 Å². The Kier molecular flexibility index (Phi) is 4.99. The van der Waals surface area contributed by atoms with Gasteiger partial charge in [0, 0.05) is 0 Å². The van der Waals surface area contributed by atoms with Crippen LogP contribution in [0.4, 0.5) is 5.69 Å². The van der Waals surface area contributed by atoms with Crippen molar-refractivity contribution in [2.45, 2.75) is 11.3 Å². The molecular weight excluding hydrogens is 372 g/mol. The van der Waals surface area contributed by atoms with Crippen LogP contribution in [0.1, 0.15) is 5.56 Å². The molecule has 0 aromatic heterocycles. The van der Waals surface area contributed by atoms with Crippen molar-refractivity contribution in [2.75, 3.05) is 10.5 Å². The second kappa shape index (κ2) is 7.06. The van der Waals surface area contributed by atoms with Crippen molar-refractivity contribution in [3.8, 4) is 0 Å². The van der Waals surface area contributed by atoms with Gasteiger partial charge in [-0.3, -0.25) is 4.72 Å². The molecule has 0 radical (unpaired) electrons. The van der Waals surface area contributed by atoms with Gasteiger partial charge in [-0.2, -0.15) is 0 Å². The standard InChI is InChI=1S/C18H18N2O4S2/c19-26(23,24)18-8-4-3-7-17(18)20-25(21,22)12-11-14-9-10-15-5-1-2-6-16(15)13-14/h1-10,13,20H,11-12H2,(H2,19,23,24). The highest BCUT2D eigenvalue weighted by molar-refractivity contribution is 7.93. The lowest BCUT2D eigenvalue weighted by atomic mass is 10.1. The van der Waals surface area contributed by atoms with Crippen LogP contribution in [-0.4, -0.2) is 22.6 Å². The molecule has 0 atom stereocenters. The quantitative estimate of drug-likeness (QED) is 0.674. The number of sulfonamides is 2. The Morgan fingerprint density at radius 2 is 1.46 bits per heavy atom. The van der Waals surface area contributed by atoms with Gasteiger partial charge in [-0.25, -0.2) is 22.0 Å². The molecule has 0 saturated heterocycles. The molecule has 6 nitrogen and oxygen atoms in total. The minimum Gasteiger partial charge on any atom is -0.282 e. The lowest BCUT2D eigenvalue weighted by Gasteiger charge is -2.11. The van der Waals surface area contributed by atoms with E-state index in [2.05, 4.69) is 4.72 Å². The average molecular weight is 390 g/mol. The van der Waals surface area contributed by atoms with Gasteiger partial charge >= 0.3 is 0 Å². The Morgan fingerprint density at radius 3 is 2.19 bits per heavy atom. The summed E-state index contributed by atoms with van der Waals surface area (Å²) in [6, 6.07) is 19.2. The maximum Gasteiger partial charge on any atom is 0.240 e. The van der Waals surface area contributed by atoms with Crippen molar-refractivity contribution in [3.05, 3.63) is 72.3 Å². The van der Waals surface area contributed by atoms with Crippen LogP contribution >= 0.6 is 0 Å². The van der Waals surface area contributed by atoms with E-state index in [0.717, 1.165) is 16.3 Å². The molecule has 0 aliphatic heterocycles. The zero-order valence-corrected chi connectivity index (χ0v) is 15.4. The summed E-state index contributed by atoms with van der Waals surface area (Å²) in [6.45, 7) is 0. The summed E-state index contributed by atoms with van der Waals surface area (Å²) in [6.07, 6.45) is 0.303. The van der Waals surface area contributed by atoms with E-state index in [1.54, 1.807) is 0 Å². The topological polar surface area (TPSA) is 106 Å². The van der Waals surface area contributed by atoms with Crippen LogP contribution in [0.5, 0.6) is 0 Å². The maximum atomic E-state index is 12.4. The highest BCUT2D eigenvalue weighted by Gasteiger charge is 2.18. The first kappa shape index (κ1) is 18.4. The molecule has 0 fully saturated rings. The predicted octanol–water partition coefficient (Wildman–Crippen LogP) is 2.47. The fourth-order valence-electron chi connectivity index (χ4n) is 2.66. The van der Waals surface area contributed by atoms with Gasteiger partial charge in [-0.1, -0.05) is 54.6 Å². The molecule has 0 bridgehead atoms. The molecule has 3 rings (SSSR count). The Morgan fingerprint density at radius 1 is 0.808 bits per heavy atom. The summed E-state index contributed by atoms with van der Waals surface area (Å²) in [7, 11) is -7.76. The number of hydrogen-bond donors (Lipinski definition) is 2. The maximum absolute atomic E-state index is 12.4. The van der Waals surface area contributed by atoms with Crippen LogP contribution < -0.4 is 9.86 Å². The van der Waals surface area contributed by atoms with E-state index in [0.29, 0.717) is 6.42 Å². The first-order valence-electron chi connectivity index (χ1n) is 7.85. The molecule has 3 N–H and O–H groups in total. The molecule has 0 aliphatic rings. The molecule has 0 saturated carbocycles. The Hall–Kier alpha value is -2.42. The van der Waals surface area contributed by atoms with Crippen LogP contribution in [0.3, 0.4) is 0 Å². The number of primary sulfonamides is 1. The van der Waals surface area contributed by atoms with E-state index in [1.165, 1.54) is 24.3 Å². The number of anilines is 1. The van der Waals surface area contributed by atoms with Crippen LogP contribution in [-0.2, 0) is 26.5 Å². The summed E-state index contributed by atoms with van der Waals surface area (Å²) in [5.74, 6) is -0.176. The van der Waals surface area contributed by atoms with E-state index < -0.39 is 20.0 Å². The molecule has 0 aliphatic carbocycles. The fourth-order valence-corrected chi connectivity index (χ4v) is 4.54. The molecule has 0 unspecified atom stereocenters. The molecule has 0 heterocycles. The van der Waals surface area contributed by atoms with Crippen LogP contribution in [0.25, 0.3) is 10.8 Å². The summed E-state index contributed by atoms with van der Waals surface area (Å²) in [4.78, 5) is -0.255. The predicted molar refractivity (Wildman–Crippen MR) is 103 cm³/mol. The van der Waals surface area contributed by atoms with Gasteiger partial charge in [0.15, 0.2) is 0 Å². The number of benzene rings is 3. The van der Waals surface area contributed by atoms with Crippen molar-refractivity contribution in [1.82, 2.24) is 0 Å². The number of rotatable bonds is 6. The van der Waals surface area contributed by atoms with Crippen LogP contribution in [0.2, 0.25) is 0 Å². The third-order valence-electron chi connectivity index (χ3n) is 3.93. The zero-order valence-electron chi connectivity index (χ0n) is 13.8. The van der Waals surface area contributed by atoms with Gasteiger partial charge in [-0.15, -0.1) is 0 Å². The van der Waals surface area contributed by atoms with Gasteiger partial charge in [0.1, 0.15) is 4.90 Å². The lowest BCUT2D eigenvalue weighted by Crippen LogP contribution is -2.21. The van der Waals surface area contributed by atoms with Crippen molar-refractivity contribution in [3.63, 3.8) is 0 Å². The number of para-hydroxylation sites is 1. The minimum atomic E-state index is -4.02. The van der Waals surface area contributed by atoms with E-state index in [4.69, 9.17) is 5.14 Å². The largest absolute Gasteiger partial charge is 0.282 e. The summed E-state index contributed by atoms with van der Waals surface area (Å²) in [5, 5.41) is 7.25. The van der Waals surface area contributed by atoms with Crippen LogP contribution in [0.15, 0.2) is 71.6 Å². The SMILES string of the molecule is NS(=O)(=O)c1ccccc1NS(=O)(=O)CCc1ccc2ccccc2c1. The first-order chi connectivity index (χ1) is 12.2. The lowest BCUT2D eigenvalue weighted by molar-refractivity contribution is 0.598. The third kappa shape index (κ3) is 4.40. The summed E-state index contributed by atoms with van der Waals surface area (Å²) >= 11 is 0. The van der Waals surface area contributed by atoms with Crippen molar-refractivity contribution < 1.29 is 16.8 Å². The van der Waals surface area contributed by atoms with E-state index in [-0.39, 0.29) is 16.3 Å². The van der Waals surface area contributed by atoms with Gasteiger partial charge < -0.3 is 0 Å². The number of aryl methyl sites for hydroxylation is 1. The van der Waals surface area contributed by atoms with Gasteiger partial charge in [-0.05, 0) is 34.9 Å². The monoisotopic (exact) mass is 390 g/mol. The van der Waals surface area contributed by atoms with Crippen molar-refractivity contribution >= 4 is 36.5 Å². The molecule has 8 heteroatoms. The van der Waals surface area contributed by atoms with Gasteiger partial charge in [0.25, 0.3) is 0 Å². The van der Waals surface area contributed by atoms with E-state index >= 15 is 0 Å². The molecule has 0 amide bonds. The number of hydrogen-bond acceptors (Lipinski definition) is 4. The van der Waals surface area contributed by atoms with Crippen molar-refractivity contribution in [2.24, 2.45) is 5.14 Å². The first-order valence-corrected chi connectivity index (χ1v) is 11.0. The molecule has 136 valence electrons. The van der Waals surface area contributed by atoms with Crippen molar-refractivity contribution in [1.29, 1.82) is 0 Å². The zero-order chi connectivity index (χ0) is 18.8. The highest BCUT2D eigenvalue weighted by Crippen LogP contribution is 2.21. The number of nitrogens with two attached hydrogens (primary N) is 1. The molecule has 0 spiro atoms. The third-order valence-corrected chi connectivity index (χ3v) is 6.17. The smallest absolute Gasteiger partial charge is 0.240 e. The Bertz CT molecular complexity index is 1160. The molecule has 26 heavy (non-hydrogen) atoms. The normalized spacial score (nSPS) is 12.2. The average Bonchev–Trinajstić information content (AvgIpc) is 2.59. The van der Waals surface area contributed by atoms with Gasteiger partial charge in [0.05, 0.1) is 11.4 Å². The Labute approximate surface area is 152 Å². The fraction of sp³-hybridized carbons (Fsp3) is 0.111. The molecule has 3 aromatic carbocycles. The second-order valence-corrected chi connectivity index (χ2v) is 9.27. The minimum absolute atomic E-state index is 0.0477. The summed E-state index contributed by atoms with van der Waals surface area (Å²) < 4.78 is 50.2. The number of nitrogens with one attached hydrogen (secondary N) is 1. The van der Waals surface area contributed by atoms with E-state index in [1.807, 2.05) is 42.5 Å². The Balaban J connectivity index is 1.77. The van der Waals surface area contributed by atoms with Crippen LogP contribution in [0, 0.1) is 0 Å². The van der Waals surface area contributed by atoms with E-state index in [9.17, 15) is 16.8 Å². The molecule has 3 aromatic rings. The second-order valence-electron chi connectivity index (χ2n) is 5.89. The molecular formula is C18H18N2O4S2. The highest BCUT2D eigenvalue weighted by atomic mass is 32.2. The summed E-state index contributed by atoms with van der Waals surface area (Å²) in [5.41, 5.74) is 0.835.